The van der Waals surface area contributed by atoms with Crippen LogP contribution < -0.4 is 5.32 Å². The second-order valence-corrected chi connectivity index (χ2v) is 4.48. The van der Waals surface area contributed by atoms with Gasteiger partial charge in [0.25, 0.3) is 5.91 Å². The van der Waals surface area contributed by atoms with E-state index >= 15 is 0 Å². The average Bonchev–Trinajstić information content (AvgIpc) is 2.90. The number of aromatic carboxylic acids is 1. The van der Waals surface area contributed by atoms with E-state index in [1.165, 1.54) is 23.5 Å². The third-order valence-corrected chi connectivity index (χ3v) is 3.12. The molecule has 2 aromatic rings. The van der Waals surface area contributed by atoms with E-state index in [4.69, 9.17) is 5.11 Å². The van der Waals surface area contributed by atoms with E-state index in [-0.39, 0.29) is 11.5 Å². The zero-order valence-corrected chi connectivity index (χ0v) is 10.2. The molecular formula is C13H11NO3S. The summed E-state index contributed by atoms with van der Waals surface area (Å²) in [6, 6.07) is 8.19. The highest BCUT2D eigenvalue weighted by atomic mass is 32.1. The molecule has 0 radical (unpaired) electrons. The predicted molar refractivity (Wildman–Crippen MR) is 68.9 cm³/mol. The number of rotatable bonds is 4. The van der Waals surface area contributed by atoms with Gasteiger partial charge in [-0.3, -0.25) is 4.79 Å². The summed E-state index contributed by atoms with van der Waals surface area (Å²) in [5.74, 6) is -1.08. The Morgan fingerprint density at radius 3 is 2.39 bits per heavy atom. The Labute approximate surface area is 108 Å². The maximum Gasteiger partial charge on any atom is 0.335 e. The van der Waals surface area contributed by atoms with Crippen LogP contribution in [0.25, 0.3) is 0 Å². The molecule has 0 aliphatic heterocycles. The summed E-state index contributed by atoms with van der Waals surface area (Å²) >= 11 is 1.47. The maximum atomic E-state index is 11.7. The van der Waals surface area contributed by atoms with Crippen molar-refractivity contribution in [3.8, 4) is 0 Å². The summed E-state index contributed by atoms with van der Waals surface area (Å²) in [4.78, 5) is 22.3. The Morgan fingerprint density at radius 1 is 1.11 bits per heavy atom. The van der Waals surface area contributed by atoms with E-state index in [2.05, 4.69) is 5.32 Å². The number of carboxylic acid groups (broad SMARTS) is 1. The van der Waals surface area contributed by atoms with Crippen LogP contribution in [0.15, 0.2) is 41.1 Å². The summed E-state index contributed by atoms with van der Waals surface area (Å²) < 4.78 is 0. The first-order chi connectivity index (χ1) is 8.66. The van der Waals surface area contributed by atoms with Gasteiger partial charge in [-0.1, -0.05) is 12.1 Å². The van der Waals surface area contributed by atoms with Crippen molar-refractivity contribution in [2.24, 2.45) is 0 Å². The molecular weight excluding hydrogens is 250 g/mol. The van der Waals surface area contributed by atoms with Crippen molar-refractivity contribution in [2.45, 2.75) is 6.54 Å². The molecule has 1 aromatic heterocycles. The van der Waals surface area contributed by atoms with Crippen molar-refractivity contribution in [1.29, 1.82) is 0 Å². The first-order valence-electron chi connectivity index (χ1n) is 5.29. The molecule has 1 aromatic carbocycles. The summed E-state index contributed by atoms with van der Waals surface area (Å²) in [6.45, 7) is 0.384. The zero-order chi connectivity index (χ0) is 13.0. The van der Waals surface area contributed by atoms with Crippen LogP contribution in [0.5, 0.6) is 0 Å². The number of hydrogen-bond acceptors (Lipinski definition) is 3. The Bertz CT molecular complexity index is 546. The molecule has 0 aliphatic carbocycles. The first-order valence-corrected chi connectivity index (χ1v) is 6.24. The maximum absolute atomic E-state index is 11.7. The number of benzene rings is 1. The third kappa shape index (κ3) is 2.95. The number of thiophene rings is 1. The molecule has 0 aliphatic rings. The minimum absolute atomic E-state index is 0.126. The molecule has 2 rings (SSSR count). The van der Waals surface area contributed by atoms with Gasteiger partial charge in [0.2, 0.25) is 0 Å². The molecule has 0 unspecified atom stereocenters. The van der Waals surface area contributed by atoms with E-state index in [9.17, 15) is 9.59 Å². The highest BCUT2D eigenvalue weighted by molar-refractivity contribution is 7.08. The standard InChI is InChI=1S/C13H11NO3S/c15-12(11-5-6-18-8-11)14-7-9-1-3-10(4-2-9)13(16)17/h1-6,8H,7H2,(H,14,15)(H,16,17). The second-order valence-electron chi connectivity index (χ2n) is 3.70. The van der Waals surface area contributed by atoms with Crippen molar-refractivity contribution < 1.29 is 14.7 Å². The van der Waals surface area contributed by atoms with Crippen LogP contribution in [-0.2, 0) is 6.54 Å². The fourth-order valence-corrected chi connectivity index (χ4v) is 2.08. The summed E-state index contributed by atoms with van der Waals surface area (Å²) in [6.07, 6.45) is 0. The lowest BCUT2D eigenvalue weighted by molar-refractivity contribution is 0.0696. The molecule has 0 bridgehead atoms. The Hall–Kier alpha value is -2.14. The summed E-state index contributed by atoms with van der Waals surface area (Å²) in [5.41, 5.74) is 1.74. The van der Waals surface area contributed by atoms with Crippen LogP contribution in [0.4, 0.5) is 0 Å². The minimum Gasteiger partial charge on any atom is -0.478 e. The van der Waals surface area contributed by atoms with Crippen molar-refractivity contribution in [2.75, 3.05) is 0 Å². The van der Waals surface area contributed by atoms with Crippen LogP contribution >= 0.6 is 11.3 Å². The summed E-state index contributed by atoms with van der Waals surface area (Å²) in [7, 11) is 0. The van der Waals surface area contributed by atoms with Crippen LogP contribution in [-0.4, -0.2) is 17.0 Å². The van der Waals surface area contributed by atoms with Crippen molar-refractivity contribution in [3.63, 3.8) is 0 Å². The van der Waals surface area contributed by atoms with Crippen molar-refractivity contribution >= 4 is 23.2 Å². The molecule has 4 nitrogen and oxygen atoms in total. The SMILES string of the molecule is O=C(O)c1ccc(CNC(=O)c2ccsc2)cc1. The first kappa shape index (κ1) is 12.3. The second kappa shape index (κ2) is 5.46. The zero-order valence-electron chi connectivity index (χ0n) is 9.42. The molecule has 0 atom stereocenters. The summed E-state index contributed by atoms with van der Waals surface area (Å²) in [5, 5.41) is 15.1. The van der Waals surface area contributed by atoms with Crippen LogP contribution in [0.2, 0.25) is 0 Å². The number of amides is 1. The van der Waals surface area contributed by atoms with E-state index in [0.717, 1.165) is 5.56 Å². The molecule has 1 amide bonds. The number of nitrogens with one attached hydrogen (secondary N) is 1. The highest BCUT2D eigenvalue weighted by Gasteiger charge is 2.06. The van der Waals surface area contributed by atoms with Crippen LogP contribution in [0, 0.1) is 0 Å². The van der Waals surface area contributed by atoms with Gasteiger partial charge in [-0.05, 0) is 29.1 Å². The van der Waals surface area contributed by atoms with Gasteiger partial charge < -0.3 is 10.4 Å². The smallest absolute Gasteiger partial charge is 0.335 e. The van der Waals surface area contributed by atoms with E-state index in [1.54, 1.807) is 23.6 Å². The highest BCUT2D eigenvalue weighted by Crippen LogP contribution is 2.07. The molecule has 18 heavy (non-hydrogen) atoms. The molecule has 1 heterocycles. The van der Waals surface area contributed by atoms with Gasteiger partial charge in [-0.25, -0.2) is 4.79 Å². The number of carbonyl (C=O) groups excluding carboxylic acids is 1. The minimum atomic E-state index is -0.955. The van der Waals surface area contributed by atoms with E-state index in [0.29, 0.717) is 12.1 Å². The molecule has 0 saturated heterocycles. The normalized spacial score (nSPS) is 10.0. The lowest BCUT2D eigenvalue weighted by atomic mass is 10.1. The fourth-order valence-electron chi connectivity index (χ4n) is 1.44. The van der Waals surface area contributed by atoms with Gasteiger partial charge in [-0.2, -0.15) is 11.3 Å². The monoisotopic (exact) mass is 261 g/mol. The molecule has 0 saturated carbocycles. The van der Waals surface area contributed by atoms with Crippen molar-refractivity contribution in [3.05, 3.63) is 57.8 Å². The third-order valence-electron chi connectivity index (χ3n) is 2.44. The average molecular weight is 261 g/mol. The molecule has 0 fully saturated rings. The fraction of sp³-hybridized carbons (Fsp3) is 0.0769. The lowest BCUT2D eigenvalue weighted by Crippen LogP contribution is -2.22. The van der Waals surface area contributed by atoms with Gasteiger partial charge >= 0.3 is 5.97 Å². The Balaban J connectivity index is 1.94. The number of hydrogen-bond donors (Lipinski definition) is 2. The lowest BCUT2D eigenvalue weighted by Gasteiger charge is -2.04. The van der Waals surface area contributed by atoms with Gasteiger partial charge in [0.05, 0.1) is 5.56 Å². The van der Waals surface area contributed by atoms with Crippen molar-refractivity contribution in [1.82, 2.24) is 5.32 Å². The Morgan fingerprint density at radius 2 is 1.83 bits per heavy atom. The quantitative estimate of drug-likeness (QED) is 0.888. The van der Waals surface area contributed by atoms with E-state index < -0.39 is 5.97 Å². The molecule has 2 N–H and O–H groups in total. The van der Waals surface area contributed by atoms with Gasteiger partial charge in [0.15, 0.2) is 0 Å². The Kier molecular flexibility index (Phi) is 3.74. The predicted octanol–water partition coefficient (Wildman–Crippen LogP) is 2.38. The van der Waals surface area contributed by atoms with E-state index in [1.807, 2.05) is 5.38 Å². The van der Waals surface area contributed by atoms with Gasteiger partial charge in [0.1, 0.15) is 0 Å². The largest absolute Gasteiger partial charge is 0.478 e. The van der Waals surface area contributed by atoms with Gasteiger partial charge in [0, 0.05) is 17.5 Å². The molecule has 92 valence electrons. The molecule has 0 spiro atoms. The number of carbonyl (C=O) groups is 2. The van der Waals surface area contributed by atoms with Crippen LogP contribution in [0.1, 0.15) is 26.3 Å². The topological polar surface area (TPSA) is 66.4 Å². The molecule has 5 heteroatoms. The van der Waals surface area contributed by atoms with Gasteiger partial charge in [-0.15, -0.1) is 0 Å². The number of carboxylic acids is 1. The van der Waals surface area contributed by atoms with Crippen LogP contribution in [0.3, 0.4) is 0 Å².